The minimum Gasteiger partial charge on any atom is -0.493 e. The summed E-state index contributed by atoms with van der Waals surface area (Å²) in [7, 11) is 1.50. The lowest BCUT2D eigenvalue weighted by Gasteiger charge is -2.13. The molecule has 1 amide bonds. The molecule has 0 aliphatic heterocycles. The molecule has 1 N–H and O–H groups in total. The van der Waals surface area contributed by atoms with E-state index < -0.39 is 11.9 Å². The molecule has 2 aromatic carbocycles. The number of carbonyl (C=O) groups excluding carboxylic acids is 2. The number of esters is 1. The molecule has 0 unspecified atom stereocenters. The number of amides is 1. The second-order valence-corrected chi connectivity index (χ2v) is 6.94. The van der Waals surface area contributed by atoms with Crippen molar-refractivity contribution in [3.05, 3.63) is 53.1 Å². The van der Waals surface area contributed by atoms with Crippen LogP contribution in [0.5, 0.6) is 11.5 Å². The maximum Gasteiger partial charge on any atom is 0.338 e. The molecule has 0 aliphatic rings. The Morgan fingerprint density at radius 1 is 1.07 bits per heavy atom. The molecule has 0 heterocycles. The molecule has 0 atom stereocenters. The van der Waals surface area contributed by atoms with Crippen molar-refractivity contribution in [3.63, 3.8) is 0 Å². The standard InChI is InChI=1S/C22H27NO5/c1-14(2)12-27-19-10-9-17(11-20(19)26-5)22(25)28-13-21(24)23-18-8-6-7-15(3)16(18)4/h6-11,14H,12-13H2,1-5H3,(H,23,24). The van der Waals surface area contributed by atoms with Gasteiger partial charge >= 0.3 is 5.97 Å². The van der Waals surface area contributed by atoms with E-state index in [0.717, 1.165) is 11.1 Å². The van der Waals surface area contributed by atoms with Crippen LogP contribution in [0.4, 0.5) is 5.69 Å². The molecule has 0 bridgehead atoms. The first-order chi connectivity index (χ1) is 13.3. The molecule has 0 saturated carbocycles. The Kier molecular flexibility index (Phi) is 7.44. The number of anilines is 1. The number of ether oxygens (including phenoxy) is 3. The van der Waals surface area contributed by atoms with Crippen molar-refractivity contribution >= 4 is 17.6 Å². The van der Waals surface area contributed by atoms with Gasteiger partial charge in [0.25, 0.3) is 5.91 Å². The molecule has 0 spiro atoms. The molecule has 2 aromatic rings. The van der Waals surface area contributed by atoms with Gasteiger partial charge < -0.3 is 19.5 Å². The lowest BCUT2D eigenvalue weighted by molar-refractivity contribution is -0.119. The van der Waals surface area contributed by atoms with Crippen LogP contribution in [0.3, 0.4) is 0 Å². The van der Waals surface area contributed by atoms with Crippen LogP contribution in [-0.2, 0) is 9.53 Å². The average Bonchev–Trinajstić information content (AvgIpc) is 2.67. The third kappa shape index (κ3) is 5.74. The van der Waals surface area contributed by atoms with Crippen LogP contribution in [0, 0.1) is 19.8 Å². The Labute approximate surface area is 165 Å². The van der Waals surface area contributed by atoms with Gasteiger partial charge in [-0.15, -0.1) is 0 Å². The van der Waals surface area contributed by atoms with Gasteiger partial charge in [-0.2, -0.15) is 0 Å². The second kappa shape index (κ2) is 9.78. The predicted molar refractivity (Wildman–Crippen MR) is 108 cm³/mol. The summed E-state index contributed by atoms with van der Waals surface area (Å²) >= 11 is 0. The van der Waals surface area contributed by atoms with E-state index in [4.69, 9.17) is 14.2 Å². The average molecular weight is 385 g/mol. The first kappa shape index (κ1) is 21.3. The quantitative estimate of drug-likeness (QED) is 0.691. The minimum atomic E-state index is -0.607. The van der Waals surface area contributed by atoms with E-state index >= 15 is 0 Å². The van der Waals surface area contributed by atoms with Crippen LogP contribution < -0.4 is 14.8 Å². The summed E-state index contributed by atoms with van der Waals surface area (Å²) in [6.07, 6.45) is 0. The molecule has 28 heavy (non-hydrogen) atoms. The second-order valence-electron chi connectivity index (χ2n) is 6.94. The predicted octanol–water partition coefficient (Wildman–Crippen LogP) is 4.14. The van der Waals surface area contributed by atoms with Crippen LogP contribution >= 0.6 is 0 Å². The summed E-state index contributed by atoms with van der Waals surface area (Å²) in [5.41, 5.74) is 3.04. The van der Waals surface area contributed by atoms with E-state index in [-0.39, 0.29) is 12.2 Å². The fourth-order valence-corrected chi connectivity index (χ4v) is 2.46. The molecule has 6 heteroatoms. The Balaban J connectivity index is 1.96. The minimum absolute atomic E-state index is 0.285. The van der Waals surface area contributed by atoms with E-state index in [9.17, 15) is 9.59 Å². The normalized spacial score (nSPS) is 10.5. The van der Waals surface area contributed by atoms with Crippen molar-refractivity contribution in [2.24, 2.45) is 5.92 Å². The highest BCUT2D eigenvalue weighted by molar-refractivity contribution is 5.96. The van der Waals surface area contributed by atoms with Gasteiger partial charge in [0.05, 0.1) is 19.3 Å². The number of rotatable bonds is 8. The van der Waals surface area contributed by atoms with Crippen LogP contribution in [0.2, 0.25) is 0 Å². The Morgan fingerprint density at radius 3 is 2.50 bits per heavy atom. The number of hydrogen-bond acceptors (Lipinski definition) is 5. The van der Waals surface area contributed by atoms with Crippen molar-refractivity contribution < 1.29 is 23.8 Å². The van der Waals surface area contributed by atoms with Gasteiger partial charge in [-0.3, -0.25) is 4.79 Å². The van der Waals surface area contributed by atoms with E-state index in [0.29, 0.717) is 29.7 Å². The van der Waals surface area contributed by atoms with Gasteiger partial charge in [0.1, 0.15) is 0 Å². The molecular formula is C22H27NO5. The highest BCUT2D eigenvalue weighted by Gasteiger charge is 2.15. The summed E-state index contributed by atoms with van der Waals surface area (Å²) in [5, 5.41) is 2.76. The Hall–Kier alpha value is -3.02. The molecule has 150 valence electrons. The first-order valence-corrected chi connectivity index (χ1v) is 9.15. The smallest absolute Gasteiger partial charge is 0.338 e. The molecule has 0 aromatic heterocycles. The zero-order valence-corrected chi connectivity index (χ0v) is 17.0. The fraction of sp³-hybridized carbons (Fsp3) is 0.364. The largest absolute Gasteiger partial charge is 0.493 e. The number of carbonyl (C=O) groups is 2. The third-order valence-corrected chi connectivity index (χ3v) is 4.18. The SMILES string of the molecule is COc1cc(C(=O)OCC(=O)Nc2cccc(C)c2C)ccc1OCC(C)C. The molecule has 0 fully saturated rings. The molecule has 0 radical (unpaired) electrons. The fourth-order valence-electron chi connectivity index (χ4n) is 2.46. The Morgan fingerprint density at radius 2 is 1.82 bits per heavy atom. The molecule has 0 saturated heterocycles. The number of aryl methyl sites for hydroxylation is 1. The van der Waals surface area contributed by atoms with E-state index in [1.165, 1.54) is 7.11 Å². The third-order valence-electron chi connectivity index (χ3n) is 4.18. The number of benzene rings is 2. The summed E-state index contributed by atoms with van der Waals surface area (Å²) < 4.78 is 16.1. The maximum atomic E-state index is 12.3. The monoisotopic (exact) mass is 385 g/mol. The van der Waals surface area contributed by atoms with Crippen molar-refractivity contribution in [1.29, 1.82) is 0 Å². The summed E-state index contributed by atoms with van der Waals surface area (Å²) in [4.78, 5) is 24.4. The van der Waals surface area contributed by atoms with Crippen molar-refractivity contribution in [2.45, 2.75) is 27.7 Å². The molecular weight excluding hydrogens is 358 g/mol. The van der Waals surface area contributed by atoms with Crippen molar-refractivity contribution in [3.8, 4) is 11.5 Å². The summed E-state index contributed by atoms with van der Waals surface area (Å²) in [5.74, 6) is 0.357. The summed E-state index contributed by atoms with van der Waals surface area (Å²) in [6.45, 7) is 8.14. The van der Waals surface area contributed by atoms with Gasteiger partial charge in [0.15, 0.2) is 18.1 Å². The van der Waals surface area contributed by atoms with Crippen molar-refractivity contribution in [1.82, 2.24) is 0 Å². The van der Waals surface area contributed by atoms with Crippen LogP contribution in [0.15, 0.2) is 36.4 Å². The highest BCUT2D eigenvalue weighted by atomic mass is 16.5. The van der Waals surface area contributed by atoms with Crippen molar-refractivity contribution in [2.75, 3.05) is 25.6 Å². The lowest BCUT2D eigenvalue weighted by atomic mass is 10.1. The van der Waals surface area contributed by atoms with Crippen LogP contribution in [0.1, 0.15) is 35.3 Å². The lowest BCUT2D eigenvalue weighted by Crippen LogP contribution is -2.21. The highest BCUT2D eigenvalue weighted by Crippen LogP contribution is 2.28. The van der Waals surface area contributed by atoms with Crippen LogP contribution in [-0.4, -0.2) is 32.2 Å². The topological polar surface area (TPSA) is 73.9 Å². The van der Waals surface area contributed by atoms with E-state index in [1.54, 1.807) is 18.2 Å². The summed E-state index contributed by atoms with van der Waals surface area (Å²) in [6, 6.07) is 10.4. The molecule has 6 nitrogen and oxygen atoms in total. The zero-order valence-electron chi connectivity index (χ0n) is 17.0. The van der Waals surface area contributed by atoms with Gasteiger partial charge in [-0.25, -0.2) is 4.79 Å². The number of methoxy groups -OCH3 is 1. The molecule has 2 rings (SSSR count). The zero-order chi connectivity index (χ0) is 20.7. The maximum absolute atomic E-state index is 12.3. The van der Waals surface area contributed by atoms with Gasteiger partial charge in [-0.05, 0) is 55.2 Å². The first-order valence-electron chi connectivity index (χ1n) is 9.15. The Bertz CT molecular complexity index is 845. The van der Waals surface area contributed by atoms with Gasteiger partial charge in [0.2, 0.25) is 0 Å². The van der Waals surface area contributed by atoms with E-state index in [1.807, 2.05) is 45.9 Å². The number of nitrogens with one attached hydrogen (secondary N) is 1. The van der Waals surface area contributed by atoms with Gasteiger partial charge in [-0.1, -0.05) is 26.0 Å². The van der Waals surface area contributed by atoms with E-state index in [2.05, 4.69) is 5.32 Å². The van der Waals surface area contributed by atoms with Gasteiger partial charge in [0, 0.05) is 5.69 Å². The molecule has 0 aliphatic carbocycles. The number of hydrogen-bond donors (Lipinski definition) is 1. The van der Waals surface area contributed by atoms with Crippen LogP contribution in [0.25, 0.3) is 0 Å².